The zero-order valence-electron chi connectivity index (χ0n) is 4.37. The predicted octanol–water partition coefficient (Wildman–Crippen LogP) is 2.20. The van der Waals surface area contributed by atoms with Crippen molar-refractivity contribution in [3.8, 4) is 0 Å². The molecule has 0 spiro atoms. The fourth-order valence-corrected chi connectivity index (χ4v) is 0.479. The molecule has 0 aromatic rings. The zero-order chi connectivity index (χ0) is 6.85. The molecular formula is C6H3F3. The molecule has 48 valence electrons. The number of halogens is 3. The lowest BCUT2D eigenvalue weighted by Gasteiger charge is -1.98. The van der Waals surface area contributed by atoms with Crippen molar-refractivity contribution in [1.29, 1.82) is 0 Å². The zero-order valence-corrected chi connectivity index (χ0v) is 4.37. The molecule has 0 amide bonds. The Labute approximate surface area is 50.0 Å². The van der Waals surface area contributed by atoms with Crippen LogP contribution in [-0.2, 0) is 0 Å². The highest BCUT2D eigenvalue weighted by Crippen LogP contribution is 2.16. The van der Waals surface area contributed by atoms with Crippen LogP contribution in [0.3, 0.4) is 0 Å². The maximum atomic E-state index is 12.0. The Bertz CT molecular complexity index is 208. The van der Waals surface area contributed by atoms with Gasteiger partial charge in [-0.1, -0.05) is 5.73 Å². The predicted molar refractivity (Wildman–Crippen MR) is 26.8 cm³/mol. The van der Waals surface area contributed by atoms with Crippen molar-refractivity contribution >= 4 is 0 Å². The van der Waals surface area contributed by atoms with E-state index in [0.717, 1.165) is 6.08 Å². The van der Waals surface area contributed by atoms with Crippen molar-refractivity contribution < 1.29 is 13.2 Å². The molecule has 0 saturated heterocycles. The first-order chi connectivity index (χ1) is 4.20. The van der Waals surface area contributed by atoms with Gasteiger partial charge in [-0.3, -0.25) is 0 Å². The van der Waals surface area contributed by atoms with Gasteiger partial charge in [0.05, 0.1) is 0 Å². The molecular weight excluding hydrogens is 129 g/mol. The van der Waals surface area contributed by atoms with Gasteiger partial charge in [0.2, 0.25) is 0 Å². The third-order valence-corrected chi connectivity index (χ3v) is 0.896. The largest absolute Gasteiger partial charge is 0.234 e. The summed E-state index contributed by atoms with van der Waals surface area (Å²) in [5, 5.41) is 0. The lowest BCUT2D eigenvalue weighted by atomic mass is 10.2. The summed E-state index contributed by atoms with van der Waals surface area (Å²) in [6, 6.07) is 0. The molecule has 0 N–H and O–H groups in total. The molecule has 1 aliphatic carbocycles. The average Bonchev–Trinajstić information content (AvgIpc) is 1.80. The standard InChI is InChI=1S/C6H3F3/c7-4-1-2-5(8)6(9)3-4/h1,3,6H. The van der Waals surface area contributed by atoms with Crippen LogP contribution >= 0.6 is 0 Å². The molecule has 0 aliphatic heterocycles. The third kappa shape index (κ3) is 1.24. The number of hydrogen-bond donors (Lipinski definition) is 0. The minimum absolute atomic E-state index is 0.547. The number of alkyl halides is 1. The van der Waals surface area contributed by atoms with Gasteiger partial charge in [-0.2, -0.15) is 4.39 Å². The topological polar surface area (TPSA) is 0 Å². The van der Waals surface area contributed by atoms with E-state index in [0.29, 0.717) is 6.08 Å². The molecule has 1 aliphatic rings. The van der Waals surface area contributed by atoms with Crippen molar-refractivity contribution in [2.45, 2.75) is 6.17 Å². The summed E-state index contributed by atoms with van der Waals surface area (Å²) < 4.78 is 35.9. The molecule has 0 aromatic heterocycles. The second-order valence-corrected chi connectivity index (χ2v) is 1.59. The van der Waals surface area contributed by atoms with E-state index in [1.165, 1.54) is 0 Å². The van der Waals surface area contributed by atoms with Gasteiger partial charge in [-0.25, -0.2) is 8.78 Å². The Kier molecular flexibility index (Phi) is 1.45. The summed E-state index contributed by atoms with van der Waals surface area (Å²) >= 11 is 0. The van der Waals surface area contributed by atoms with Crippen molar-refractivity contribution in [2.24, 2.45) is 0 Å². The molecule has 0 saturated carbocycles. The summed E-state index contributed by atoms with van der Waals surface area (Å²) in [5.41, 5.74) is 1.79. The Hall–Kier alpha value is -0.950. The Balaban J connectivity index is 2.96. The van der Waals surface area contributed by atoms with E-state index in [-0.39, 0.29) is 0 Å². The molecule has 1 atom stereocenters. The molecule has 0 heterocycles. The van der Waals surface area contributed by atoms with Crippen LogP contribution in [0.5, 0.6) is 0 Å². The van der Waals surface area contributed by atoms with Gasteiger partial charge in [0, 0.05) is 6.08 Å². The molecule has 0 aromatic carbocycles. The Morgan fingerprint density at radius 2 is 2.11 bits per heavy atom. The molecule has 9 heavy (non-hydrogen) atoms. The normalized spacial score (nSPS) is 25.4. The molecule has 1 rings (SSSR count). The van der Waals surface area contributed by atoms with Gasteiger partial charge in [-0.05, 0) is 6.08 Å². The first kappa shape index (κ1) is 6.17. The second-order valence-electron chi connectivity index (χ2n) is 1.59. The molecule has 1 unspecified atom stereocenters. The fraction of sp³-hybridized carbons (Fsp3) is 0.167. The monoisotopic (exact) mass is 132 g/mol. The molecule has 3 heteroatoms. The van der Waals surface area contributed by atoms with Crippen LogP contribution in [0.15, 0.2) is 29.5 Å². The quantitative estimate of drug-likeness (QED) is 0.443. The first-order valence-electron chi connectivity index (χ1n) is 2.33. The molecule has 0 bridgehead atoms. The van der Waals surface area contributed by atoms with Crippen LogP contribution < -0.4 is 0 Å². The Morgan fingerprint density at radius 1 is 1.44 bits per heavy atom. The number of rotatable bonds is 0. The SMILES string of the molecule is FC1=C=CC(F)=CC1F. The van der Waals surface area contributed by atoms with E-state index in [2.05, 4.69) is 0 Å². The van der Waals surface area contributed by atoms with Crippen molar-refractivity contribution in [2.75, 3.05) is 0 Å². The number of allylic oxidation sites excluding steroid dienone is 3. The summed E-state index contributed by atoms with van der Waals surface area (Å²) in [4.78, 5) is 0. The highest BCUT2D eigenvalue weighted by Gasteiger charge is 2.12. The van der Waals surface area contributed by atoms with E-state index in [1.807, 2.05) is 0 Å². The fourth-order valence-electron chi connectivity index (χ4n) is 0.479. The van der Waals surface area contributed by atoms with Gasteiger partial charge in [-0.15, -0.1) is 0 Å². The minimum atomic E-state index is -1.95. The Morgan fingerprint density at radius 3 is 2.56 bits per heavy atom. The van der Waals surface area contributed by atoms with Crippen LogP contribution in [0.1, 0.15) is 0 Å². The van der Waals surface area contributed by atoms with Gasteiger partial charge >= 0.3 is 0 Å². The minimum Gasteiger partial charge on any atom is -0.234 e. The van der Waals surface area contributed by atoms with Crippen molar-refractivity contribution in [3.05, 3.63) is 29.5 Å². The summed E-state index contributed by atoms with van der Waals surface area (Å²) in [5.74, 6) is -1.86. The summed E-state index contributed by atoms with van der Waals surface area (Å²) in [6.45, 7) is 0. The van der Waals surface area contributed by atoms with E-state index in [4.69, 9.17) is 0 Å². The summed E-state index contributed by atoms with van der Waals surface area (Å²) in [6.07, 6.45) is -0.646. The van der Waals surface area contributed by atoms with E-state index < -0.39 is 17.8 Å². The number of hydrogen-bond acceptors (Lipinski definition) is 0. The van der Waals surface area contributed by atoms with Crippen molar-refractivity contribution in [3.63, 3.8) is 0 Å². The van der Waals surface area contributed by atoms with Crippen molar-refractivity contribution in [1.82, 2.24) is 0 Å². The lowest BCUT2D eigenvalue weighted by Crippen LogP contribution is -1.97. The van der Waals surface area contributed by atoms with Gasteiger partial charge in [0.1, 0.15) is 5.83 Å². The maximum absolute atomic E-state index is 12.0. The summed E-state index contributed by atoms with van der Waals surface area (Å²) in [7, 11) is 0. The van der Waals surface area contributed by atoms with Crippen LogP contribution in [0.2, 0.25) is 0 Å². The lowest BCUT2D eigenvalue weighted by molar-refractivity contribution is 0.375. The highest BCUT2D eigenvalue weighted by molar-refractivity contribution is 5.24. The third-order valence-electron chi connectivity index (χ3n) is 0.896. The average molecular weight is 132 g/mol. The van der Waals surface area contributed by atoms with Crippen LogP contribution in [0, 0.1) is 0 Å². The van der Waals surface area contributed by atoms with Gasteiger partial charge < -0.3 is 0 Å². The smallest absolute Gasteiger partial charge is 0.180 e. The molecule has 0 radical (unpaired) electrons. The first-order valence-corrected chi connectivity index (χ1v) is 2.33. The van der Waals surface area contributed by atoms with Gasteiger partial charge in [0.25, 0.3) is 0 Å². The van der Waals surface area contributed by atoms with Crippen LogP contribution in [0.4, 0.5) is 13.2 Å². The van der Waals surface area contributed by atoms with Crippen LogP contribution in [0.25, 0.3) is 0 Å². The van der Waals surface area contributed by atoms with E-state index >= 15 is 0 Å². The van der Waals surface area contributed by atoms with Crippen LogP contribution in [-0.4, -0.2) is 6.17 Å². The van der Waals surface area contributed by atoms with Gasteiger partial charge in [0.15, 0.2) is 12.0 Å². The second kappa shape index (κ2) is 2.11. The highest BCUT2D eigenvalue weighted by atomic mass is 19.2. The molecule has 0 nitrogen and oxygen atoms in total. The van der Waals surface area contributed by atoms with E-state index in [1.54, 1.807) is 5.73 Å². The molecule has 0 fully saturated rings. The van der Waals surface area contributed by atoms with E-state index in [9.17, 15) is 13.2 Å². The maximum Gasteiger partial charge on any atom is 0.180 e.